The summed E-state index contributed by atoms with van der Waals surface area (Å²) in [5.41, 5.74) is 2.49. The molecule has 1 heterocycles. The average molecular weight is 327 g/mol. The molecule has 2 aromatic rings. The molecule has 0 saturated carbocycles. The molecular weight excluding hydrogens is 306 g/mol. The lowest BCUT2D eigenvalue weighted by Crippen LogP contribution is -2.40. The van der Waals surface area contributed by atoms with E-state index >= 15 is 0 Å². The molecule has 0 spiro atoms. The Bertz CT molecular complexity index is 744. The molecule has 0 aliphatic carbocycles. The minimum Gasteiger partial charge on any atom is -0.493 e. The van der Waals surface area contributed by atoms with Crippen molar-refractivity contribution in [3.63, 3.8) is 0 Å². The van der Waals surface area contributed by atoms with E-state index in [0.29, 0.717) is 23.6 Å². The molecule has 1 N–H and O–H groups in total. The zero-order valence-electron chi connectivity index (χ0n) is 13.9. The van der Waals surface area contributed by atoms with Gasteiger partial charge in [-0.2, -0.15) is 0 Å². The lowest BCUT2D eigenvalue weighted by Gasteiger charge is -2.30. The minimum absolute atomic E-state index is 0.0311. The van der Waals surface area contributed by atoms with Gasteiger partial charge in [-0.3, -0.25) is 4.79 Å². The Hall–Kier alpha value is -2.53. The molecule has 1 unspecified atom stereocenters. The van der Waals surface area contributed by atoms with E-state index in [1.54, 1.807) is 37.3 Å². The molecular formula is C19H21NO4. The fraction of sp³-hybridized carbons (Fsp3) is 0.316. The minimum atomic E-state index is -0.779. The van der Waals surface area contributed by atoms with E-state index in [1.165, 1.54) is 0 Å². The monoisotopic (exact) mass is 327 g/mol. The quantitative estimate of drug-likeness (QED) is 0.916. The van der Waals surface area contributed by atoms with Crippen LogP contribution >= 0.6 is 0 Å². The number of carbonyl (C=O) groups is 1. The number of methoxy groups -OCH3 is 2. The predicted molar refractivity (Wildman–Crippen MR) is 90.6 cm³/mol. The Morgan fingerprint density at radius 1 is 1.12 bits per heavy atom. The van der Waals surface area contributed by atoms with Crippen molar-refractivity contribution in [1.82, 2.24) is 4.90 Å². The summed E-state index contributed by atoms with van der Waals surface area (Å²) in [6, 6.07) is 12.9. The van der Waals surface area contributed by atoms with Crippen LogP contribution in [0.25, 0.3) is 0 Å². The third-order valence-electron chi connectivity index (χ3n) is 4.37. The van der Waals surface area contributed by atoms with Gasteiger partial charge in [-0.25, -0.2) is 0 Å². The molecule has 126 valence electrons. The zero-order valence-corrected chi connectivity index (χ0v) is 13.9. The van der Waals surface area contributed by atoms with E-state index in [2.05, 4.69) is 0 Å². The van der Waals surface area contributed by atoms with E-state index in [1.807, 2.05) is 24.3 Å². The van der Waals surface area contributed by atoms with Crippen molar-refractivity contribution in [1.29, 1.82) is 0 Å². The fourth-order valence-corrected chi connectivity index (χ4v) is 3.02. The van der Waals surface area contributed by atoms with Gasteiger partial charge in [0.05, 0.1) is 26.9 Å². The Morgan fingerprint density at radius 2 is 1.88 bits per heavy atom. The standard InChI is InChI=1S/C19H21NO4/c1-23-17-8-7-14(11-18(17)24-2)16(21)12-20-10-9-13-5-3-4-6-15(13)19(20)22/h3-8,11,16,21H,9-10,12H2,1-2H3. The van der Waals surface area contributed by atoms with Crippen LogP contribution in [-0.2, 0) is 6.42 Å². The second-order valence-corrected chi connectivity index (χ2v) is 5.79. The number of rotatable bonds is 5. The van der Waals surface area contributed by atoms with Crippen LogP contribution in [-0.4, -0.2) is 43.2 Å². The average Bonchev–Trinajstić information content (AvgIpc) is 2.63. The zero-order chi connectivity index (χ0) is 17.1. The molecule has 3 rings (SSSR count). The third-order valence-corrected chi connectivity index (χ3v) is 4.37. The molecule has 2 aromatic carbocycles. The highest BCUT2D eigenvalue weighted by atomic mass is 16.5. The number of benzene rings is 2. The number of aliphatic hydroxyl groups excluding tert-OH is 1. The molecule has 0 saturated heterocycles. The highest BCUT2D eigenvalue weighted by Crippen LogP contribution is 2.30. The van der Waals surface area contributed by atoms with Gasteiger partial charge in [-0.05, 0) is 35.7 Å². The number of hydrogen-bond acceptors (Lipinski definition) is 4. The molecule has 1 aliphatic heterocycles. The van der Waals surface area contributed by atoms with Gasteiger partial charge in [0.1, 0.15) is 0 Å². The largest absolute Gasteiger partial charge is 0.493 e. The van der Waals surface area contributed by atoms with E-state index in [9.17, 15) is 9.90 Å². The van der Waals surface area contributed by atoms with Crippen molar-refractivity contribution in [3.8, 4) is 11.5 Å². The van der Waals surface area contributed by atoms with Gasteiger partial charge in [-0.15, -0.1) is 0 Å². The highest BCUT2D eigenvalue weighted by molar-refractivity contribution is 5.96. The first-order valence-corrected chi connectivity index (χ1v) is 7.91. The van der Waals surface area contributed by atoms with Gasteiger partial charge in [0.15, 0.2) is 11.5 Å². The Labute approximate surface area is 141 Å². The molecule has 5 heteroatoms. The highest BCUT2D eigenvalue weighted by Gasteiger charge is 2.26. The number of aliphatic hydroxyl groups is 1. The predicted octanol–water partition coefficient (Wildman–Crippen LogP) is 2.44. The van der Waals surface area contributed by atoms with Crippen LogP contribution in [0.2, 0.25) is 0 Å². The SMILES string of the molecule is COc1ccc(C(O)CN2CCc3ccccc3C2=O)cc1OC. The number of amides is 1. The number of fused-ring (bicyclic) bond motifs is 1. The molecule has 0 radical (unpaired) electrons. The summed E-state index contributed by atoms with van der Waals surface area (Å²) in [4.78, 5) is 14.3. The van der Waals surface area contributed by atoms with Gasteiger partial charge in [-0.1, -0.05) is 24.3 Å². The second kappa shape index (κ2) is 6.93. The van der Waals surface area contributed by atoms with Crippen molar-refractivity contribution in [3.05, 3.63) is 59.2 Å². The van der Waals surface area contributed by atoms with Crippen molar-refractivity contribution < 1.29 is 19.4 Å². The summed E-state index contributed by atoms with van der Waals surface area (Å²) in [5, 5.41) is 10.5. The first-order chi connectivity index (χ1) is 11.6. The molecule has 0 fully saturated rings. The van der Waals surface area contributed by atoms with E-state index in [0.717, 1.165) is 17.5 Å². The summed E-state index contributed by atoms with van der Waals surface area (Å²) in [5.74, 6) is 1.14. The number of ether oxygens (including phenoxy) is 2. The Balaban J connectivity index is 1.76. The fourth-order valence-electron chi connectivity index (χ4n) is 3.02. The van der Waals surface area contributed by atoms with Crippen LogP contribution < -0.4 is 9.47 Å². The van der Waals surface area contributed by atoms with Crippen molar-refractivity contribution >= 4 is 5.91 Å². The number of hydrogen-bond donors (Lipinski definition) is 1. The summed E-state index contributed by atoms with van der Waals surface area (Å²) < 4.78 is 10.5. The van der Waals surface area contributed by atoms with Crippen LogP contribution in [0.5, 0.6) is 11.5 Å². The van der Waals surface area contributed by atoms with Gasteiger partial charge in [0, 0.05) is 12.1 Å². The van der Waals surface area contributed by atoms with Crippen LogP contribution in [0.1, 0.15) is 27.6 Å². The van der Waals surface area contributed by atoms with E-state index < -0.39 is 6.10 Å². The summed E-state index contributed by atoms with van der Waals surface area (Å²) in [6.07, 6.45) is 0.0274. The lowest BCUT2D eigenvalue weighted by molar-refractivity contribution is 0.0604. The number of carbonyl (C=O) groups excluding carboxylic acids is 1. The van der Waals surface area contributed by atoms with Crippen molar-refractivity contribution in [2.24, 2.45) is 0 Å². The molecule has 1 atom stereocenters. The molecule has 5 nitrogen and oxygen atoms in total. The van der Waals surface area contributed by atoms with E-state index in [-0.39, 0.29) is 12.5 Å². The molecule has 24 heavy (non-hydrogen) atoms. The van der Waals surface area contributed by atoms with Crippen LogP contribution in [0, 0.1) is 0 Å². The lowest BCUT2D eigenvalue weighted by atomic mass is 9.98. The molecule has 1 amide bonds. The maximum atomic E-state index is 12.6. The van der Waals surface area contributed by atoms with Crippen molar-refractivity contribution in [2.45, 2.75) is 12.5 Å². The van der Waals surface area contributed by atoms with Gasteiger partial charge in [0.25, 0.3) is 5.91 Å². The first-order valence-electron chi connectivity index (χ1n) is 7.91. The smallest absolute Gasteiger partial charge is 0.254 e. The number of nitrogens with zero attached hydrogens (tertiary/aromatic N) is 1. The maximum absolute atomic E-state index is 12.6. The Morgan fingerprint density at radius 3 is 2.62 bits per heavy atom. The van der Waals surface area contributed by atoms with Crippen molar-refractivity contribution in [2.75, 3.05) is 27.3 Å². The topological polar surface area (TPSA) is 59.0 Å². The second-order valence-electron chi connectivity index (χ2n) is 5.79. The molecule has 1 aliphatic rings. The van der Waals surface area contributed by atoms with Gasteiger partial charge < -0.3 is 19.5 Å². The molecule has 0 bridgehead atoms. The maximum Gasteiger partial charge on any atom is 0.254 e. The Kier molecular flexibility index (Phi) is 4.71. The van der Waals surface area contributed by atoms with Gasteiger partial charge in [0.2, 0.25) is 0 Å². The summed E-state index contributed by atoms with van der Waals surface area (Å²) >= 11 is 0. The summed E-state index contributed by atoms with van der Waals surface area (Å²) in [6.45, 7) is 0.864. The van der Waals surface area contributed by atoms with Gasteiger partial charge >= 0.3 is 0 Å². The van der Waals surface area contributed by atoms with E-state index in [4.69, 9.17) is 9.47 Å². The molecule has 0 aromatic heterocycles. The third kappa shape index (κ3) is 3.08. The normalized spacial score (nSPS) is 15.0. The van der Waals surface area contributed by atoms with Crippen LogP contribution in [0.15, 0.2) is 42.5 Å². The summed E-state index contributed by atoms with van der Waals surface area (Å²) in [7, 11) is 3.12. The first kappa shape index (κ1) is 16.3. The van der Waals surface area contributed by atoms with Crippen LogP contribution in [0.3, 0.4) is 0 Å². The van der Waals surface area contributed by atoms with Crippen LogP contribution in [0.4, 0.5) is 0 Å². The number of β-amino-alcohol motifs (C(OH)–C–C–N with tert-alkyl or cyclic N) is 1.